The molecule has 2 aromatic carbocycles. The molecule has 0 fully saturated rings. The molecule has 0 saturated carbocycles. The van der Waals surface area contributed by atoms with Crippen molar-refractivity contribution < 1.29 is 13.9 Å². The van der Waals surface area contributed by atoms with Crippen LogP contribution in [0.1, 0.15) is 11.1 Å². The number of carbonyl (C=O) groups is 1. The zero-order valence-corrected chi connectivity index (χ0v) is 14.5. The van der Waals surface area contributed by atoms with Crippen LogP contribution in [0.4, 0.5) is 5.69 Å². The quantitative estimate of drug-likeness (QED) is 0.714. The first kappa shape index (κ1) is 17.0. The van der Waals surface area contributed by atoms with Crippen LogP contribution in [0.3, 0.4) is 0 Å². The summed E-state index contributed by atoms with van der Waals surface area (Å²) in [6.07, 6.45) is 0. The van der Waals surface area contributed by atoms with Crippen LogP contribution in [-0.4, -0.2) is 12.5 Å². The number of amides is 1. The molecule has 0 bridgehead atoms. The average Bonchev–Trinajstić information content (AvgIpc) is 2.55. The Morgan fingerprint density at radius 1 is 1.12 bits per heavy atom. The molecule has 0 atom stereocenters. The van der Waals surface area contributed by atoms with E-state index in [1.165, 1.54) is 6.07 Å². The van der Waals surface area contributed by atoms with Gasteiger partial charge >= 0.3 is 5.63 Å². The van der Waals surface area contributed by atoms with Crippen LogP contribution in [0.25, 0.3) is 11.0 Å². The maximum atomic E-state index is 12.0. The van der Waals surface area contributed by atoms with Crippen LogP contribution in [0.15, 0.2) is 51.7 Å². The number of anilines is 1. The van der Waals surface area contributed by atoms with Gasteiger partial charge in [0.2, 0.25) is 0 Å². The van der Waals surface area contributed by atoms with Gasteiger partial charge in [-0.1, -0.05) is 11.6 Å². The van der Waals surface area contributed by atoms with E-state index in [9.17, 15) is 9.59 Å². The Morgan fingerprint density at radius 3 is 2.56 bits per heavy atom. The molecule has 0 radical (unpaired) electrons. The van der Waals surface area contributed by atoms with E-state index in [2.05, 4.69) is 5.32 Å². The summed E-state index contributed by atoms with van der Waals surface area (Å²) in [5.74, 6) is 0.286. The summed E-state index contributed by atoms with van der Waals surface area (Å²) in [6.45, 7) is 3.52. The van der Waals surface area contributed by atoms with E-state index in [0.29, 0.717) is 22.0 Å². The minimum atomic E-state index is -0.389. The lowest BCUT2D eigenvalue weighted by Gasteiger charge is -2.11. The monoisotopic (exact) mass is 357 g/mol. The van der Waals surface area contributed by atoms with Crippen molar-refractivity contribution in [1.29, 1.82) is 0 Å². The smallest absolute Gasteiger partial charge is 0.336 e. The van der Waals surface area contributed by atoms with E-state index in [1.54, 1.807) is 36.4 Å². The van der Waals surface area contributed by atoms with Gasteiger partial charge in [0.05, 0.1) is 0 Å². The normalized spacial score (nSPS) is 10.7. The predicted octanol–water partition coefficient (Wildman–Crippen LogP) is 4.08. The lowest BCUT2D eigenvalue weighted by molar-refractivity contribution is -0.118. The molecule has 3 aromatic rings. The van der Waals surface area contributed by atoms with Crippen molar-refractivity contribution >= 4 is 34.2 Å². The largest absolute Gasteiger partial charge is 0.483 e. The molecule has 0 unspecified atom stereocenters. The molecule has 5 nitrogen and oxygen atoms in total. The fraction of sp³-hybridized carbons (Fsp3) is 0.158. The maximum absolute atomic E-state index is 12.0. The number of halogens is 1. The lowest BCUT2D eigenvalue weighted by Crippen LogP contribution is -2.20. The number of rotatable bonds is 4. The molecule has 3 rings (SSSR count). The summed E-state index contributed by atoms with van der Waals surface area (Å²) in [7, 11) is 0. The van der Waals surface area contributed by atoms with Crippen molar-refractivity contribution in [2.24, 2.45) is 0 Å². The highest BCUT2D eigenvalue weighted by molar-refractivity contribution is 6.30. The van der Waals surface area contributed by atoms with Gasteiger partial charge in [-0.2, -0.15) is 0 Å². The number of benzene rings is 2. The zero-order chi connectivity index (χ0) is 18.0. The lowest BCUT2D eigenvalue weighted by atomic mass is 10.1. The van der Waals surface area contributed by atoms with E-state index in [0.717, 1.165) is 16.5 Å². The Bertz CT molecular complexity index is 993. The maximum Gasteiger partial charge on any atom is 0.336 e. The van der Waals surface area contributed by atoms with Gasteiger partial charge < -0.3 is 14.5 Å². The van der Waals surface area contributed by atoms with Crippen molar-refractivity contribution in [1.82, 2.24) is 0 Å². The van der Waals surface area contributed by atoms with Gasteiger partial charge in [-0.05, 0) is 61.4 Å². The molecular weight excluding hydrogens is 342 g/mol. The second kappa shape index (κ2) is 6.99. The summed E-state index contributed by atoms with van der Waals surface area (Å²) < 4.78 is 10.8. The van der Waals surface area contributed by atoms with Crippen LogP contribution in [0.5, 0.6) is 5.75 Å². The highest BCUT2D eigenvalue weighted by atomic mass is 35.5. The number of aryl methyl sites for hydroxylation is 2. The minimum Gasteiger partial charge on any atom is -0.483 e. The molecule has 1 N–H and O–H groups in total. The predicted molar refractivity (Wildman–Crippen MR) is 97.5 cm³/mol. The van der Waals surface area contributed by atoms with Crippen molar-refractivity contribution in [3.05, 3.63) is 69.0 Å². The van der Waals surface area contributed by atoms with Crippen molar-refractivity contribution in [3.8, 4) is 5.75 Å². The molecule has 128 valence electrons. The summed E-state index contributed by atoms with van der Waals surface area (Å²) >= 11 is 5.81. The fourth-order valence-electron chi connectivity index (χ4n) is 2.48. The SMILES string of the molecule is Cc1cc2oc(=O)cc(C)c2cc1OCC(=O)Nc1ccc(Cl)cc1. The first-order chi connectivity index (χ1) is 11.9. The molecule has 0 aliphatic heterocycles. The van der Waals surface area contributed by atoms with Gasteiger partial charge in [-0.25, -0.2) is 4.79 Å². The molecular formula is C19H16ClNO4. The third-order valence-electron chi connectivity index (χ3n) is 3.73. The van der Waals surface area contributed by atoms with E-state index < -0.39 is 0 Å². The molecule has 1 heterocycles. The second-order valence-electron chi connectivity index (χ2n) is 5.71. The van der Waals surface area contributed by atoms with Crippen LogP contribution >= 0.6 is 11.6 Å². The Kier molecular flexibility index (Phi) is 4.76. The van der Waals surface area contributed by atoms with Crippen molar-refractivity contribution in [3.63, 3.8) is 0 Å². The first-order valence-electron chi connectivity index (χ1n) is 7.66. The molecule has 0 saturated heterocycles. The number of hydrogen-bond donors (Lipinski definition) is 1. The van der Waals surface area contributed by atoms with E-state index in [4.69, 9.17) is 20.8 Å². The second-order valence-corrected chi connectivity index (χ2v) is 6.14. The highest BCUT2D eigenvalue weighted by Gasteiger charge is 2.10. The number of ether oxygens (including phenoxy) is 1. The van der Waals surface area contributed by atoms with Crippen LogP contribution in [-0.2, 0) is 4.79 Å². The van der Waals surface area contributed by atoms with E-state index >= 15 is 0 Å². The summed E-state index contributed by atoms with van der Waals surface area (Å²) in [5.41, 5.74) is 2.33. The summed E-state index contributed by atoms with van der Waals surface area (Å²) in [6, 6.07) is 11.8. The van der Waals surface area contributed by atoms with Crippen LogP contribution in [0, 0.1) is 13.8 Å². The molecule has 1 amide bonds. The van der Waals surface area contributed by atoms with Crippen molar-refractivity contribution in [2.75, 3.05) is 11.9 Å². The topological polar surface area (TPSA) is 68.5 Å². The molecule has 0 aliphatic carbocycles. The fourth-order valence-corrected chi connectivity index (χ4v) is 2.60. The molecule has 6 heteroatoms. The minimum absolute atomic E-state index is 0.134. The summed E-state index contributed by atoms with van der Waals surface area (Å²) in [5, 5.41) is 4.11. The Morgan fingerprint density at radius 2 is 1.84 bits per heavy atom. The molecule has 25 heavy (non-hydrogen) atoms. The third kappa shape index (κ3) is 4.00. The molecule has 1 aromatic heterocycles. The van der Waals surface area contributed by atoms with Gasteiger partial charge in [0.25, 0.3) is 5.91 Å². The third-order valence-corrected chi connectivity index (χ3v) is 3.99. The summed E-state index contributed by atoms with van der Waals surface area (Å²) in [4.78, 5) is 23.5. The van der Waals surface area contributed by atoms with Gasteiger partial charge in [0, 0.05) is 22.2 Å². The van der Waals surface area contributed by atoms with E-state index in [1.807, 2.05) is 13.8 Å². The zero-order valence-electron chi connectivity index (χ0n) is 13.8. The van der Waals surface area contributed by atoms with Crippen LogP contribution < -0.4 is 15.7 Å². The van der Waals surface area contributed by atoms with Gasteiger partial charge in [0.15, 0.2) is 6.61 Å². The Balaban J connectivity index is 1.74. The van der Waals surface area contributed by atoms with Gasteiger partial charge in [-0.15, -0.1) is 0 Å². The number of carbonyl (C=O) groups excluding carboxylic acids is 1. The molecule has 0 aliphatic rings. The van der Waals surface area contributed by atoms with Gasteiger partial charge in [0.1, 0.15) is 11.3 Å². The van der Waals surface area contributed by atoms with Gasteiger partial charge in [-0.3, -0.25) is 4.79 Å². The Labute approximate surface area is 149 Å². The van der Waals surface area contributed by atoms with Crippen molar-refractivity contribution in [2.45, 2.75) is 13.8 Å². The Hall–Kier alpha value is -2.79. The molecule has 0 spiro atoms. The van der Waals surface area contributed by atoms with Crippen LogP contribution in [0.2, 0.25) is 5.02 Å². The standard InChI is InChI=1S/C19H16ClNO4/c1-11-8-19(23)25-17-7-12(2)16(9-15(11)17)24-10-18(22)21-14-5-3-13(20)4-6-14/h3-9H,10H2,1-2H3,(H,21,22). The first-order valence-corrected chi connectivity index (χ1v) is 8.03. The number of hydrogen-bond acceptors (Lipinski definition) is 4. The number of fused-ring (bicyclic) bond motifs is 1. The average molecular weight is 358 g/mol. The van der Waals surface area contributed by atoms with E-state index in [-0.39, 0.29) is 18.1 Å². The highest BCUT2D eigenvalue weighted by Crippen LogP contribution is 2.26. The number of nitrogens with one attached hydrogen (secondary N) is 1.